The van der Waals surface area contributed by atoms with E-state index in [2.05, 4.69) is 5.16 Å². The van der Waals surface area contributed by atoms with Gasteiger partial charge in [0.1, 0.15) is 5.60 Å². The molecule has 2 aliphatic rings. The van der Waals surface area contributed by atoms with E-state index in [-0.39, 0.29) is 19.0 Å². The molecule has 8 nitrogen and oxygen atoms in total. The van der Waals surface area contributed by atoms with Crippen LogP contribution in [0.1, 0.15) is 80.9 Å². The summed E-state index contributed by atoms with van der Waals surface area (Å²) in [6, 6.07) is 3.73. The zero-order valence-corrected chi connectivity index (χ0v) is 20.5. The Morgan fingerprint density at radius 2 is 2.00 bits per heavy atom. The van der Waals surface area contributed by atoms with Crippen molar-refractivity contribution in [2.75, 3.05) is 19.7 Å². The first-order valence-electron chi connectivity index (χ1n) is 12.4. The molecular formula is C26H36N2O6. The van der Waals surface area contributed by atoms with E-state index in [0.717, 1.165) is 67.9 Å². The molecule has 186 valence electrons. The summed E-state index contributed by atoms with van der Waals surface area (Å²) in [4.78, 5) is 25.7. The summed E-state index contributed by atoms with van der Waals surface area (Å²) in [5, 5.41) is 5.26. The van der Waals surface area contributed by atoms with Gasteiger partial charge in [0.25, 0.3) is 0 Å². The molecule has 1 aromatic heterocycles. The van der Waals surface area contributed by atoms with Gasteiger partial charge >= 0.3 is 6.09 Å². The second-order valence-electron chi connectivity index (χ2n) is 10.3. The maximum atomic E-state index is 12.3. The molecule has 1 atom stereocenters. The number of nitrogens with zero attached hydrogens (tertiary/aromatic N) is 2. The quantitative estimate of drug-likeness (QED) is 0.507. The standard InChI is InChI=1S/C26H36N2O6/c1-26(2,3)33-25(30)28-13-11-18(12-14-28)7-10-22-20-9-8-19(16-29)21(24(20)34-27-22)17-32-23-6-4-5-15-31-23/h8-9,16,18,23H,4-7,10-15,17H2,1-3H3. The number of rotatable bonds is 7. The van der Waals surface area contributed by atoms with Gasteiger partial charge in [-0.05, 0) is 77.7 Å². The number of benzene rings is 1. The fourth-order valence-corrected chi connectivity index (χ4v) is 4.65. The zero-order valence-electron chi connectivity index (χ0n) is 20.5. The fourth-order valence-electron chi connectivity index (χ4n) is 4.65. The Morgan fingerprint density at radius 1 is 1.21 bits per heavy atom. The van der Waals surface area contributed by atoms with Gasteiger partial charge in [-0.1, -0.05) is 11.2 Å². The lowest BCUT2D eigenvalue weighted by Gasteiger charge is -2.33. The molecular weight excluding hydrogens is 436 g/mol. The number of likely N-dealkylation sites (tertiary alicyclic amines) is 1. The molecule has 3 heterocycles. The van der Waals surface area contributed by atoms with E-state index in [1.165, 1.54) is 0 Å². The van der Waals surface area contributed by atoms with E-state index in [0.29, 0.717) is 36.8 Å². The van der Waals surface area contributed by atoms with Crippen molar-refractivity contribution < 1.29 is 28.3 Å². The molecule has 8 heteroatoms. The van der Waals surface area contributed by atoms with Crippen LogP contribution in [-0.2, 0) is 27.2 Å². The van der Waals surface area contributed by atoms with Crippen molar-refractivity contribution in [3.05, 3.63) is 29.0 Å². The molecule has 2 aliphatic heterocycles. The summed E-state index contributed by atoms with van der Waals surface area (Å²) in [5.74, 6) is 0.519. The molecule has 1 amide bonds. The number of carbonyl (C=O) groups excluding carboxylic acids is 2. The summed E-state index contributed by atoms with van der Waals surface area (Å²) in [6.45, 7) is 8.06. The third kappa shape index (κ3) is 6.16. The van der Waals surface area contributed by atoms with Crippen LogP contribution < -0.4 is 0 Å². The summed E-state index contributed by atoms with van der Waals surface area (Å²) in [5.41, 5.74) is 2.33. The topological polar surface area (TPSA) is 91.1 Å². The Labute approximate surface area is 200 Å². The van der Waals surface area contributed by atoms with E-state index in [9.17, 15) is 9.59 Å². The summed E-state index contributed by atoms with van der Waals surface area (Å²) >= 11 is 0. The molecule has 0 radical (unpaired) electrons. The van der Waals surface area contributed by atoms with Crippen molar-refractivity contribution in [2.24, 2.45) is 5.92 Å². The number of ether oxygens (including phenoxy) is 3. The summed E-state index contributed by atoms with van der Waals surface area (Å²) < 4.78 is 22.8. The number of hydrogen-bond donors (Lipinski definition) is 0. The second kappa shape index (κ2) is 10.9. The van der Waals surface area contributed by atoms with Gasteiger partial charge in [-0.25, -0.2) is 4.79 Å². The first kappa shape index (κ1) is 24.7. The normalized spacial score (nSPS) is 20.0. The largest absolute Gasteiger partial charge is 0.444 e. The van der Waals surface area contributed by atoms with Gasteiger partial charge in [-0.2, -0.15) is 0 Å². The number of carbonyl (C=O) groups is 2. The number of piperidine rings is 1. The van der Waals surface area contributed by atoms with Crippen molar-refractivity contribution >= 4 is 23.3 Å². The van der Waals surface area contributed by atoms with Crippen LogP contribution in [0.4, 0.5) is 4.79 Å². The van der Waals surface area contributed by atoms with Gasteiger partial charge in [-0.3, -0.25) is 4.79 Å². The third-order valence-electron chi connectivity index (χ3n) is 6.59. The Kier molecular flexibility index (Phi) is 7.88. The minimum Gasteiger partial charge on any atom is -0.444 e. The first-order valence-corrected chi connectivity index (χ1v) is 12.4. The highest BCUT2D eigenvalue weighted by Gasteiger charge is 2.27. The first-order chi connectivity index (χ1) is 16.3. The second-order valence-corrected chi connectivity index (χ2v) is 10.3. The highest BCUT2D eigenvalue weighted by atomic mass is 16.7. The smallest absolute Gasteiger partial charge is 0.410 e. The zero-order chi connectivity index (χ0) is 24.1. The fraction of sp³-hybridized carbons (Fsp3) is 0.654. The van der Waals surface area contributed by atoms with Gasteiger partial charge < -0.3 is 23.6 Å². The van der Waals surface area contributed by atoms with Crippen LogP contribution >= 0.6 is 0 Å². The van der Waals surface area contributed by atoms with Crippen molar-refractivity contribution in [1.82, 2.24) is 10.1 Å². The lowest BCUT2D eigenvalue weighted by molar-refractivity contribution is -0.168. The minimum atomic E-state index is -0.473. The van der Waals surface area contributed by atoms with Crippen LogP contribution in [0.2, 0.25) is 0 Å². The molecule has 1 aromatic carbocycles. The van der Waals surface area contributed by atoms with Crippen LogP contribution in [0.15, 0.2) is 16.7 Å². The number of fused-ring (bicyclic) bond motifs is 1. The number of aryl methyl sites for hydroxylation is 1. The molecule has 0 aliphatic carbocycles. The van der Waals surface area contributed by atoms with Crippen LogP contribution in [0, 0.1) is 5.92 Å². The van der Waals surface area contributed by atoms with Gasteiger partial charge in [0, 0.05) is 36.2 Å². The van der Waals surface area contributed by atoms with Crippen molar-refractivity contribution in [1.29, 1.82) is 0 Å². The third-order valence-corrected chi connectivity index (χ3v) is 6.59. The number of aromatic nitrogens is 1. The van der Waals surface area contributed by atoms with E-state index < -0.39 is 5.60 Å². The Balaban J connectivity index is 1.35. The maximum Gasteiger partial charge on any atom is 0.410 e. The minimum absolute atomic E-state index is 0.229. The predicted molar refractivity (Wildman–Crippen MR) is 127 cm³/mol. The summed E-state index contributed by atoms with van der Waals surface area (Å²) in [7, 11) is 0. The Morgan fingerprint density at radius 3 is 2.68 bits per heavy atom. The molecule has 2 aromatic rings. The van der Waals surface area contributed by atoms with Gasteiger partial charge in [0.15, 0.2) is 18.2 Å². The monoisotopic (exact) mass is 472 g/mol. The molecule has 1 unspecified atom stereocenters. The number of hydrogen-bond acceptors (Lipinski definition) is 7. The van der Waals surface area contributed by atoms with Crippen molar-refractivity contribution in [2.45, 2.75) is 84.2 Å². The maximum absolute atomic E-state index is 12.3. The highest BCUT2D eigenvalue weighted by molar-refractivity contribution is 5.90. The van der Waals surface area contributed by atoms with Crippen LogP contribution in [-0.4, -0.2) is 54.0 Å². The lowest BCUT2D eigenvalue weighted by Crippen LogP contribution is -2.41. The van der Waals surface area contributed by atoms with E-state index in [1.54, 1.807) is 4.90 Å². The molecule has 4 rings (SSSR count). The number of aldehydes is 1. The molecule has 0 N–H and O–H groups in total. The number of amides is 1. The average molecular weight is 473 g/mol. The van der Waals surface area contributed by atoms with Crippen LogP contribution in [0.25, 0.3) is 11.0 Å². The average Bonchev–Trinajstić information content (AvgIpc) is 3.24. The molecule has 0 bridgehead atoms. The van der Waals surface area contributed by atoms with Gasteiger partial charge in [-0.15, -0.1) is 0 Å². The molecule has 0 saturated carbocycles. The van der Waals surface area contributed by atoms with Crippen molar-refractivity contribution in [3.63, 3.8) is 0 Å². The lowest BCUT2D eigenvalue weighted by atomic mass is 9.91. The van der Waals surface area contributed by atoms with E-state index in [1.807, 2.05) is 32.9 Å². The SMILES string of the molecule is CC(C)(C)OC(=O)N1CCC(CCc2noc3c(COC4CCCCO4)c(C=O)ccc23)CC1. The molecule has 2 saturated heterocycles. The molecule has 34 heavy (non-hydrogen) atoms. The Bertz CT molecular complexity index is 981. The summed E-state index contributed by atoms with van der Waals surface area (Å²) in [6.07, 6.45) is 7.03. The molecule has 0 spiro atoms. The van der Waals surface area contributed by atoms with E-state index in [4.69, 9.17) is 18.7 Å². The predicted octanol–water partition coefficient (Wildman–Crippen LogP) is 5.26. The van der Waals surface area contributed by atoms with Gasteiger partial charge in [0.2, 0.25) is 0 Å². The van der Waals surface area contributed by atoms with Crippen LogP contribution in [0.5, 0.6) is 0 Å². The van der Waals surface area contributed by atoms with Crippen molar-refractivity contribution in [3.8, 4) is 0 Å². The molecule has 2 fully saturated rings. The highest BCUT2D eigenvalue weighted by Crippen LogP contribution is 2.30. The van der Waals surface area contributed by atoms with E-state index >= 15 is 0 Å². The Hall–Kier alpha value is -2.45. The van der Waals surface area contributed by atoms with Gasteiger partial charge in [0.05, 0.1) is 12.3 Å². The van der Waals surface area contributed by atoms with Crippen LogP contribution in [0.3, 0.4) is 0 Å².